The van der Waals surface area contributed by atoms with Gasteiger partial charge in [0.25, 0.3) is 0 Å². The second-order valence-electron chi connectivity index (χ2n) is 6.20. The molecule has 2 aliphatic rings. The molecule has 0 spiro atoms. The normalized spacial score (nSPS) is 26.8. The summed E-state index contributed by atoms with van der Waals surface area (Å²) >= 11 is 3.17. The molecule has 5 nitrogen and oxygen atoms in total. The van der Waals surface area contributed by atoms with Crippen molar-refractivity contribution in [2.24, 2.45) is 0 Å². The SMILES string of the molecule is Cc1cccc2sc(NC(=O)[C@H]3CS[C@@]4(C)CCC(=O)N34)nc12. The van der Waals surface area contributed by atoms with Crippen LogP contribution in [0.1, 0.15) is 25.3 Å². The van der Waals surface area contributed by atoms with Crippen molar-refractivity contribution in [3.05, 3.63) is 23.8 Å². The maximum absolute atomic E-state index is 12.7. The average Bonchev–Trinajstić information content (AvgIpc) is 3.14. The monoisotopic (exact) mass is 347 g/mol. The fourth-order valence-corrected chi connectivity index (χ4v) is 5.72. The van der Waals surface area contributed by atoms with E-state index in [0.29, 0.717) is 17.3 Å². The number of nitrogens with zero attached hydrogens (tertiary/aromatic N) is 2. The van der Waals surface area contributed by atoms with Gasteiger partial charge in [-0.1, -0.05) is 23.5 Å². The standard InChI is InChI=1S/C16H17N3O2S2/c1-9-4-3-5-11-13(9)17-15(23-11)18-14(21)10-8-22-16(2)7-6-12(20)19(10)16/h3-5,10H,6-8H2,1-2H3,(H,17,18,21)/t10-,16+/m1/s1. The van der Waals surface area contributed by atoms with Gasteiger partial charge in [0, 0.05) is 12.2 Å². The van der Waals surface area contributed by atoms with E-state index in [1.54, 1.807) is 16.7 Å². The Balaban J connectivity index is 1.58. The van der Waals surface area contributed by atoms with Gasteiger partial charge in [-0.3, -0.25) is 9.59 Å². The molecule has 0 unspecified atom stereocenters. The molecule has 2 fully saturated rings. The zero-order valence-corrected chi connectivity index (χ0v) is 14.6. The molecule has 1 aromatic heterocycles. The molecule has 0 radical (unpaired) electrons. The largest absolute Gasteiger partial charge is 0.315 e. The lowest BCUT2D eigenvalue weighted by Crippen LogP contribution is -2.48. The van der Waals surface area contributed by atoms with Crippen LogP contribution in [0, 0.1) is 6.92 Å². The van der Waals surface area contributed by atoms with Gasteiger partial charge in [-0.25, -0.2) is 4.98 Å². The van der Waals surface area contributed by atoms with Gasteiger partial charge in [-0.2, -0.15) is 0 Å². The van der Waals surface area contributed by atoms with E-state index in [2.05, 4.69) is 17.2 Å². The van der Waals surface area contributed by atoms with Gasteiger partial charge < -0.3 is 10.2 Å². The Bertz CT molecular complexity index is 819. The number of hydrogen-bond donors (Lipinski definition) is 1. The molecule has 3 heterocycles. The quantitative estimate of drug-likeness (QED) is 0.907. The maximum atomic E-state index is 12.7. The Morgan fingerprint density at radius 1 is 1.48 bits per heavy atom. The first-order valence-corrected chi connectivity index (χ1v) is 9.41. The molecule has 2 aliphatic heterocycles. The van der Waals surface area contributed by atoms with Crippen LogP contribution in [0.4, 0.5) is 5.13 Å². The molecule has 0 bridgehead atoms. The highest BCUT2D eigenvalue weighted by Crippen LogP contribution is 2.47. The topological polar surface area (TPSA) is 62.3 Å². The van der Waals surface area contributed by atoms with Gasteiger partial charge in [-0.15, -0.1) is 11.8 Å². The number of aryl methyl sites for hydroxylation is 1. The molecule has 0 aliphatic carbocycles. The lowest BCUT2D eigenvalue weighted by molar-refractivity contribution is -0.135. The van der Waals surface area contributed by atoms with Crippen molar-refractivity contribution < 1.29 is 9.59 Å². The number of thiazole rings is 1. The molecule has 2 saturated heterocycles. The van der Waals surface area contributed by atoms with Crippen molar-refractivity contribution in [1.29, 1.82) is 0 Å². The number of amides is 2. The summed E-state index contributed by atoms with van der Waals surface area (Å²) in [6.07, 6.45) is 1.36. The molecule has 0 saturated carbocycles. The van der Waals surface area contributed by atoms with E-state index in [9.17, 15) is 9.59 Å². The highest BCUT2D eigenvalue weighted by Gasteiger charge is 2.52. The third-order valence-electron chi connectivity index (χ3n) is 4.60. The summed E-state index contributed by atoms with van der Waals surface area (Å²) in [5, 5.41) is 3.51. The van der Waals surface area contributed by atoms with E-state index in [4.69, 9.17) is 0 Å². The lowest BCUT2D eigenvalue weighted by atomic mass is 10.2. The molecule has 2 amide bonds. The predicted molar refractivity (Wildman–Crippen MR) is 93.7 cm³/mol. The van der Waals surface area contributed by atoms with Crippen LogP contribution in [0.25, 0.3) is 10.2 Å². The van der Waals surface area contributed by atoms with Crippen LogP contribution >= 0.6 is 23.1 Å². The summed E-state index contributed by atoms with van der Waals surface area (Å²) < 4.78 is 1.06. The molecule has 2 aromatic rings. The number of hydrogen-bond acceptors (Lipinski definition) is 5. The number of anilines is 1. The van der Waals surface area contributed by atoms with Crippen molar-refractivity contribution >= 4 is 50.3 Å². The summed E-state index contributed by atoms with van der Waals surface area (Å²) in [6, 6.07) is 5.61. The summed E-state index contributed by atoms with van der Waals surface area (Å²) in [7, 11) is 0. The van der Waals surface area contributed by atoms with Crippen LogP contribution in [0.3, 0.4) is 0 Å². The van der Waals surface area contributed by atoms with E-state index in [-0.39, 0.29) is 16.7 Å². The molecule has 7 heteroatoms. The second-order valence-corrected chi connectivity index (χ2v) is 8.73. The number of fused-ring (bicyclic) bond motifs is 2. The summed E-state index contributed by atoms with van der Waals surface area (Å²) in [5.41, 5.74) is 2.02. The summed E-state index contributed by atoms with van der Waals surface area (Å²) in [4.78, 5) is 30.9. The number of para-hydroxylation sites is 1. The molecule has 1 N–H and O–H groups in total. The van der Waals surface area contributed by atoms with Gasteiger partial charge in [0.1, 0.15) is 6.04 Å². The molecule has 23 heavy (non-hydrogen) atoms. The molecular weight excluding hydrogens is 330 g/mol. The van der Waals surface area contributed by atoms with Crippen molar-refractivity contribution in [2.75, 3.05) is 11.1 Å². The van der Waals surface area contributed by atoms with Gasteiger partial charge in [0.2, 0.25) is 11.8 Å². The summed E-state index contributed by atoms with van der Waals surface area (Å²) in [5.74, 6) is 0.601. The molecule has 120 valence electrons. The highest BCUT2D eigenvalue weighted by atomic mass is 32.2. The van der Waals surface area contributed by atoms with E-state index in [1.165, 1.54) is 11.3 Å². The Morgan fingerprint density at radius 3 is 3.09 bits per heavy atom. The third kappa shape index (κ3) is 2.33. The Morgan fingerprint density at radius 2 is 2.30 bits per heavy atom. The highest BCUT2D eigenvalue weighted by molar-refractivity contribution is 8.01. The van der Waals surface area contributed by atoms with Crippen LogP contribution in [0.15, 0.2) is 18.2 Å². The minimum Gasteiger partial charge on any atom is -0.315 e. The Labute approximate surface area is 142 Å². The number of rotatable bonds is 2. The van der Waals surface area contributed by atoms with Gasteiger partial charge >= 0.3 is 0 Å². The van der Waals surface area contributed by atoms with Crippen LogP contribution in [0.5, 0.6) is 0 Å². The first-order chi connectivity index (χ1) is 11.0. The van der Waals surface area contributed by atoms with Crippen LogP contribution in [-0.2, 0) is 9.59 Å². The molecule has 2 atom stereocenters. The van der Waals surface area contributed by atoms with Crippen LogP contribution < -0.4 is 5.32 Å². The number of aromatic nitrogens is 1. The number of thioether (sulfide) groups is 1. The number of nitrogens with one attached hydrogen (secondary N) is 1. The van der Waals surface area contributed by atoms with Crippen molar-refractivity contribution in [1.82, 2.24) is 9.88 Å². The van der Waals surface area contributed by atoms with E-state index in [1.807, 2.05) is 25.1 Å². The van der Waals surface area contributed by atoms with Crippen LogP contribution in [-0.4, -0.2) is 38.4 Å². The number of carbonyl (C=O) groups excluding carboxylic acids is 2. The minimum absolute atomic E-state index is 0.0813. The average molecular weight is 347 g/mol. The van der Waals surface area contributed by atoms with Crippen molar-refractivity contribution in [3.63, 3.8) is 0 Å². The van der Waals surface area contributed by atoms with Crippen molar-refractivity contribution in [3.8, 4) is 0 Å². The zero-order valence-electron chi connectivity index (χ0n) is 13.0. The lowest BCUT2D eigenvalue weighted by Gasteiger charge is -2.29. The van der Waals surface area contributed by atoms with Gasteiger partial charge in [0.05, 0.1) is 15.1 Å². The minimum atomic E-state index is -0.395. The zero-order chi connectivity index (χ0) is 16.2. The molecular formula is C16H17N3O2S2. The first kappa shape index (κ1) is 15.0. The first-order valence-electron chi connectivity index (χ1n) is 7.61. The fourth-order valence-electron chi connectivity index (χ4n) is 3.34. The Kier molecular flexibility index (Phi) is 3.39. The number of carbonyl (C=O) groups is 2. The smallest absolute Gasteiger partial charge is 0.249 e. The predicted octanol–water partition coefficient (Wildman–Crippen LogP) is 3.00. The third-order valence-corrected chi connectivity index (χ3v) is 7.04. The van der Waals surface area contributed by atoms with Crippen LogP contribution in [0.2, 0.25) is 0 Å². The van der Waals surface area contributed by atoms with Gasteiger partial charge in [0.15, 0.2) is 5.13 Å². The van der Waals surface area contributed by atoms with E-state index in [0.717, 1.165) is 22.2 Å². The Hall–Kier alpha value is -1.60. The second kappa shape index (κ2) is 5.21. The molecule has 4 rings (SSSR count). The van der Waals surface area contributed by atoms with E-state index >= 15 is 0 Å². The summed E-state index contributed by atoms with van der Waals surface area (Å²) in [6.45, 7) is 4.06. The van der Waals surface area contributed by atoms with E-state index < -0.39 is 6.04 Å². The van der Waals surface area contributed by atoms with Crippen molar-refractivity contribution in [2.45, 2.75) is 37.6 Å². The maximum Gasteiger partial charge on any atom is 0.249 e. The fraction of sp³-hybridized carbons (Fsp3) is 0.438. The molecule has 1 aromatic carbocycles. The number of benzene rings is 1. The van der Waals surface area contributed by atoms with Gasteiger partial charge in [-0.05, 0) is 31.9 Å².